The van der Waals surface area contributed by atoms with Crippen LogP contribution in [0, 0.1) is 11.6 Å². The molecule has 0 unspecified atom stereocenters. The van der Waals surface area contributed by atoms with E-state index in [-0.39, 0.29) is 24.1 Å². The Morgan fingerprint density at radius 2 is 1.65 bits per heavy atom. The fraction of sp³-hybridized carbons (Fsp3) is 0.118. The van der Waals surface area contributed by atoms with Crippen LogP contribution in [0.3, 0.4) is 0 Å². The molecule has 0 saturated carbocycles. The fourth-order valence-corrected chi connectivity index (χ4v) is 2.38. The highest BCUT2D eigenvalue weighted by Gasteiger charge is 2.13. The van der Waals surface area contributed by atoms with Gasteiger partial charge in [0.25, 0.3) is 11.8 Å². The Balaban J connectivity index is 1.77. The third kappa shape index (κ3) is 5.35. The average Bonchev–Trinajstić information content (AvgIpc) is 2.62. The van der Waals surface area contributed by atoms with Gasteiger partial charge in [-0.05, 0) is 46.3 Å². The minimum absolute atomic E-state index is 0.0385. The van der Waals surface area contributed by atoms with E-state index in [1.54, 1.807) is 0 Å². The summed E-state index contributed by atoms with van der Waals surface area (Å²) < 4.78 is 27.0. The molecular formula is C17H14BrF2N3O3. The summed E-state index contributed by atoms with van der Waals surface area (Å²) in [6, 6.07) is 8.98. The summed E-state index contributed by atoms with van der Waals surface area (Å²) in [4.78, 5) is 35.3. The third-order valence-electron chi connectivity index (χ3n) is 3.24. The second kappa shape index (κ2) is 9.04. The standard InChI is InChI=1S/C17H14BrF2N3O3/c18-13-6-5-10(19)9-12(13)16(25)21-8-7-15(24)22-23-17(26)11-3-1-2-4-14(11)20/h1-6,9H,7-8H2,(H,21,25)(H,22,24)(H,23,26). The first-order valence-electron chi connectivity index (χ1n) is 7.45. The molecule has 0 aromatic heterocycles. The topological polar surface area (TPSA) is 87.3 Å². The molecule has 26 heavy (non-hydrogen) atoms. The van der Waals surface area contributed by atoms with Crippen LogP contribution < -0.4 is 16.2 Å². The van der Waals surface area contributed by atoms with E-state index < -0.39 is 29.4 Å². The summed E-state index contributed by atoms with van der Waals surface area (Å²) in [5.41, 5.74) is 4.08. The molecule has 0 fully saturated rings. The second-order valence-corrected chi connectivity index (χ2v) is 5.97. The van der Waals surface area contributed by atoms with E-state index in [2.05, 4.69) is 32.1 Å². The van der Waals surface area contributed by atoms with Gasteiger partial charge in [-0.15, -0.1) is 0 Å². The van der Waals surface area contributed by atoms with Crippen LogP contribution in [0.15, 0.2) is 46.9 Å². The van der Waals surface area contributed by atoms with Crippen molar-refractivity contribution in [2.45, 2.75) is 6.42 Å². The van der Waals surface area contributed by atoms with Gasteiger partial charge in [0.2, 0.25) is 5.91 Å². The molecule has 9 heteroatoms. The number of rotatable bonds is 5. The van der Waals surface area contributed by atoms with E-state index in [0.717, 1.165) is 12.1 Å². The van der Waals surface area contributed by atoms with Gasteiger partial charge in [-0.25, -0.2) is 8.78 Å². The molecule has 2 aromatic carbocycles. The SMILES string of the molecule is O=C(CCNC(=O)c1cc(F)ccc1Br)NNC(=O)c1ccccc1F. The molecule has 3 N–H and O–H groups in total. The lowest BCUT2D eigenvalue weighted by Crippen LogP contribution is -2.43. The van der Waals surface area contributed by atoms with Crippen LogP contribution in [0.4, 0.5) is 8.78 Å². The van der Waals surface area contributed by atoms with Crippen molar-refractivity contribution >= 4 is 33.7 Å². The maximum atomic E-state index is 13.4. The molecule has 6 nitrogen and oxygen atoms in total. The lowest BCUT2D eigenvalue weighted by atomic mass is 10.2. The van der Waals surface area contributed by atoms with E-state index in [1.807, 2.05) is 0 Å². The van der Waals surface area contributed by atoms with Crippen molar-refractivity contribution in [2.24, 2.45) is 0 Å². The van der Waals surface area contributed by atoms with Crippen molar-refractivity contribution in [3.05, 3.63) is 69.7 Å². The van der Waals surface area contributed by atoms with Crippen LogP contribution in [0.5, 0.6) is 0 Å². The van der Waals surface area contributed by atoms with Gasteiger partial charge in [-0.1, -0.05) is 12.1 Å². The van der Waals surface area contributed by atoms with E-state index >= 15 is 0 Å². The van der Waals surface area contributed by atoms with Gasteiger partial charge in [0.15, 0.2) is 0 Å². The summed E-state index contributed by atoms with van der Waals surface area (Å²) in [5.74, 6) is -3.23. The molecule has 0 radical (unpaired) electrons. The molecule has 2 aromatic rings. The zero-order valence-electron chi connectivity index (χ0n) is 13.3. The van der Waals surface area contributed by atoms with E-state index in [0.29, 0.717) is 4.47 Å². The number of hydrogen-bond acceptors (Lipinski definition) is 3. The number of nitrogens with one attached hydrogen (secondary N) is 3. The Morgan fingerprint density at radius 1 is 0.923 bits per heavy atom. The average molecular weight is 426 g/mol. The summed E-state index contributed by atoms with van der Waals surface area (Å²) in [7, 11) is 0. The van der Waals surface area contributed by atoms with Crippen LogP contribution >= 0.6 is 15.9 Å². The molecule has 0 heterocycles. The van der Waals surface area contributed by atoms with Gasteiger partial charge in [-0.2, -0.15) is 0 Å². The summed E-state index contributed by atoms with van der Waals surface area (Å²) >= 11 is 3.14. The van der Waals surface area contributed by atoms with Crippen LogP contribution in [-0.4, -0.2) is 24.3 Å². The van der Waals surface area contributed by atoms with Crippen molar-refractivity contribution in [1.82, 2.24) is 16.2 Å². The zero-order chi connectivity index (χ0) is 19.1. The zero-order valence-corrected chi connectivity index (χ0v) is 14.9. The van der Waals surface area contributed by atoms with Gasteiger partial charge in [0.1, 0.15) is 11.6 Å². The first-order valence-corrected chi connectivity index (χ1v) is 8.24. The predicted octanol–water partition coefficient (Wildman–Crippen LogP) is 2.31. The van der Waals surface area contributed by atoms with Crippen molar-refractivity contribution in [1.29, 1.82) is 0 Å². The number of carbonyl (C=O) groups is 3. The monoisotopic (exact) mass is 425 g/mol. The smallest absolute Gasteiger partial charge is 0.272 e. The molecule has 3 amide bonds. The fourth-order valence-electron chi connectivity index (χ4n) is 1.96. The van der Waals surface area contributed by atoms with Crippen molar-refractivity contribution in [3.8, 4) is 0 Å². The van der Waals surface area contributed by atoms with Gasteiger partial charge >= 0.3 is 0 Å². The Hall–Kier alpha value is -2.81. The Bertz CT molecular complexity index is 846. The normalized spacial score (nSPS) is 10.1. The van der Waals surface area contributed by atoms with Gasteiger partial charge in [-0.3, -0.25) is 25.2 Å². The van der Waals surface area contributed by atoms with Crippen molar-refractivity contribution in [3.63, 3.8) is 0 Å². The first kappa shape index (κ1) is 19.5. The maximum absolute atomic E-state index is 13.4. The number of hydrazine groups is 1. The predicted molar refractivity (Wildman–Crippen MR) is 93.1 cm³/mol. The third-order valence-corrected chi connectivity index (χ3v) is 3.94. The van der Waals surface area contributed by atoms with E-state index in [1.165, 1.54) is 30.3 Å². The molecule has 0 aliphatic rings. The molecule has 0 atom stereocenters. The minimum atomic E-state index is -0.802. The highest BCUT2D eigenvalue weighted by molar-refractivity contribution is 9.10. The van der Waals surface area contributed by atoms with Crippen molar-refractivity contribution in [2.75, 3.05) is 6.54 Å². The number of hydrogen-bond donors (Lipinski definition) is 3. The minimum Gasteiger partial charge on any atom is -0.351 e. The van der Waals surface area contributed by atoms with Crippen LogP contribution in [0.1, 0.15) is 27.1 Å². The molecule has 136 valence electrons. The molecule has 0 spiro atoms. The number of benzene rings is 2. The largest absolute Gasteiger partial charge is 0.351 e. The maximum Gasteiger partial charge on any atom is 0.272 e. The summed E-state index contributed by atoms with van der Waals surface area (Å²) in [6.07, 6.45) is -0.143. The molecule has 2 rings (SSSR count). The Kier molecular flexibility index (Phi) is 6.79. The van der Waals surface area contributed by atoms with Gasteiger partial charge < -0.3 is 5.32 Å². The van der Waals surface area contributed by atoms with Gasteiger partial charge in [0.05, 0.1) is 11.1 Å². The van der Waals surface area contributed by atoms with E-state index in [9.17, 15) is 23.2 Å². The molecule has 0 saturated heterocycles. The van der Waals surface area contributed by atoms with Crippen LogP contribution in [-0.2, 0) is 4.79 Å². The number of amides is 3. The molecule has 0 aliphatic heterocycles. The van der Waals surface area contributed by atoms with Gasteiger partial charge in [0, 0.05) is 17.4 Å². The second-order valence-electron chi connectivity index (χ2n) is 5.11. The summed E-state index contributed by atoms with van der Waals surface area (Å²) in [6.45, 7) is -0.0385. The van der Waals surface area contributed by atoms with E-state index in [4.69, 9.17) is 0 Å². The number of halogens is 3. The molecule has 0 bridgehead atoms. The highest BCUT2D eigenvalue weighted by atomic mass is 79.9. The summed E-state index contributed by atoms with van der Waals surface area (Å²) in [5, 5.41) is 2.46. The molecular weight excluding hydrogens is 412 g/mol. The highest BCUT2D eigenvalue weighted by Crippen LogP contribution is 2.17. The molecule has 0 aliphatic carbocycles. The van der Waals surface area contributed by atoms with Crippen LogP contribution in [0.25, 0.3) is 0 Å². The lowest BCUT2D eigenvalue weighted by molar-refractivity contribution is -0.121. The van der Waals surface area contributed by atoms with Crippen molar-refractivity contribution < 1.29 is 23.2 Å². The Labute approximate surface area is 156 Å². The number of carbonyl (C=O) groups excluding carboxylic acids is 3. The van der Waals surface area contributed by atoms with Crippen LogP contribution in [0.2, 0.25) is 0 Å². The lowest BCUT2D eigenvalue weighted by Gasteiger charge is -2.09. The first-order chi connectivity index (χ1) is 12.4. The Morgan fingerprint density at radius 3 is 2.38 bits per heavy atom. The quantitative estimate of drug-likeness (QED) is 0.642.